The van der Waals surface area contributed by atoms with Gasteiger partial charge in [-0.1, -0.05) is 11.2 Å². The number of carbonyl (C=O) groups is 1. The van der Waals surface area contributed by atoms with Gasteiger partial charge in [0, 0.05) is 24.7 Å². The van der Waals surface area contributed by atoms with E-state index in [2.05, 4.69) is 10.5 Å². The van der Waals surface area contributed by atoms with Gasteiger partial charge in [0.1, 0.15) is 6.26 Å². The van der Waals surface area contributed by atoms with E-state index in [1.165, 1.54) is 0 Å². The van der Waals surface area contributed by atoms with Gasteiger partial charge in [-0.3, -0.25) is 4.79 Å². The molecule has 0 spiro atoms. The average Bonchev–Trinajstić information content (AvgIpc) is 2.70. The highest BCUT2D eigenvalue weighted by Crippen LogP contribution is 2.06. The molecule has 1 heterocycles. The summed E-state index contributed by atoms with van der Waals surface area (Å²) in [5.74, 6) is -0.0427. The van der Waals surface area contributed by atoms with E-state index < -0.39 is 0 Å². The molecule has 0 saturated carbocycles. The van der Waals surface area contributed by atoms with Crippen molar-refractivity contribution in [2.24, 2.45) is 0 Å². The molecule has 18 heavy (non-hydrogen) atoms. The van der Waals surface area contributed by atoms with Gasteiger partial charge >= 0.3 is 0 Å². The molecule has 1 rings (SSSR count). The highest BCUT2D eigenvalue weighted by molar-refractivity contribution is 5.87. The number of hydrogen-bond donors (Lipinski definition) is 1. The second-order valence-electron chi connectivity index (χ2n) is 4.48. The third-order valence-corrected chi connectivity index (χ3v) is 2.51. The van der Waals surface area contributed by atoms with E-state index in [4.69, 9.17) is 4.52 Å². The summed E-state index contributed by atoms with van der Waals surface area (Å²) < 4.78 is 4.85. The van der Waals surface area contributed by atoms with Crippen LogP contribution in [0.25, 0.3) is 0 Å². The fraction of sp³-hybridized carbons (Fsp3) is 0.538. The lowest BCUT2D eigenvalue weighted by Gasteiger charge is -2.04. The number of aromatic nitrogens is 1. The number of nitrogens with one attached hydrogen (secondary N) is 1. The van der Waals surface area contributed by atoms with E-state index in [9.17, 15) is 4.79 Å². The summed E-state index contributed by atoms with van der Waals surface area (Å²) in [4.78, 5) is 13.4. The molecule has 1 aromatic rings. The van der Waals surface area contributed by atoms with Crippen molar-refractivity contribution in [2.75, 3.05) is 27.2 Å². The van der Waals surface area contributed by atoms with E-state index in [1.807, 2.05) is 32.0 Å². The molecular weight excluding hydrogens is 230 g/mol. The predicted octanol–water partition coefficient (Wildman–Crippen LogP) is 1.15. The first-order valence-electron chi connectivity index (χ1n) is 6.08. The largest absolute Gasteiger partial charge is 0.364 e. The maximum Gasteiger partial charge on any atom is 0.243 e. The van der Waals surface area contributed by atoms with Crippen molar-refractivity contribution < 1.29 is 9.32 Å². The van der Waals surface area contributed by atoms with E-state index in [-0.39, 0.29) is 5.91 Å². The zero-order chi connectivity index (χ0) is 13.4. The number of aryl methyl sites for hydroxylation is 2. The third-order valence-electron chi connectivity index (χ3n) is 2.51. The second-order valence-corrected chi connectivity index (χ2v) is 4.48. The van der Waals surface area contributed by atoms with Crippen LogP contribution in [-0.4, -0.2) is 43.1 Å². The molecule has 0 aliphatic rings. The first-order chi connectivity index (χ1) is 8.59. The van der Waals surface area contributed by atoms with Crippen LogP contribution in [-0.2, 0) is 11.2 Å². The summed E-state index contributed by atoms with van der Waals surface area (Å²) in [6.45, 7) is 3.35. The van der Waals surface area contributed by atoms with Crippen LogP contribution in [0.3, 0.4) is 0 Å². The maximum atomic E-state index is 11.4. The van der Waals surface area contributed by atoms with Gasteiger partial charge < -0.3 is 14.7 Å². The summed E-state index contributed by atoms with van der Waals surface area (Å²) in [6, 6.07) is 0. The molecule has 0 bridgehead atoms. The summed E-state index contributed by atoms with van der Waals surface area (Å²) in [5.41, 5.74) is 2.03. The minimum atomic E-state index is -0.0427. The Hall–Kier alpha value is -1.62. The molecule has 5 heteroatoms. The van der Waals surface area contributed by atoms with Crippen molar-refractivity contribution in [1.29, 1.82) is 0 Å². The van der Waals surface area contributed by atoms with E-state index >= 15 is 0 Å². The third kappa shape index (κ3) is 5.63. The Kier molecular flexibility index (Phi) is 6.14. The molecule has 0 saturated heterocycles. The molecule has 0 unspecified atom stereocenters. The van der Waals surface area contributed by atoms with Crippen LogP contribution < -0.4 is 5.32 Å². The zero-order valence-corrected chi connectivity index (χ0v) is 11.3. The molecule has 1 N–H and O–H groups in total. The molecule has 0 aliphatic heterocycles. The summed E-state index contributed by atoms with van der Waals surface area (Å²) in [7, 11) is 3.92. The van der Waals surface area contributed by atoms with Gasteiger partial charge in [0.2, 0.25) is 5.91 Å². The maximum absolute atomic E-state index is 11.4. The van der Waals surface area contributed by atoms with Crippen molar-refractivity contribution in [3.05, 3.63) is 29.7 Å². The Labute approximate surface area is 108 Å². The molecule has 0 atom stereocenters. The van der Waals surface area contributed by atoms with E-state index in [0.29, 0.717) is 6.54 Å². The monoisotopic (exact) mass is 251 g/mol. The second kappa shape index (κ2) is 7.66. The van der Waals surface area contributed by atoms with Crippen molar-refractivity contribution in [3.63, 3.8) is 0 Å². The number of likely N-dealkylation sites (N-methyl/N-ethyl adjacent to an activating group) is 1. The summed E-state index contributed by atoms with van der Waals surface area (Å²) in [6.07, 6.45) is 6.84. The van der Waals surface area contributed by atoms with Gasteiger partial charge in [0.05, 0.1) is 5.69 Å². The highest BCUT2D eigenvalue weighted by atomic mass is 16.5. The number of rotatable bonds is 7. The summed E-state index contributed by atoms with van der Waals surface area (Å²) in [5, 5.41) is 6.65. The van der Waals surface area contributed by atoms with Crippen molar-refractivity contribution in [1.82, 2.24) is 15.4 Å². The fourth-order valence-corrected chi connectivity index (χ4v) is 1.47. The Balaban J connectivity index is 2.12. The van der Waals surface area contributed by atoms with Crippen LogP contribution in [0.15, 0.2) is 22.9 Å². The minimum absolute atomic E-state index is 0.0427. The molecule has 0 fully saturated rings. The van der Waals surface area contributed by atoms with Crippen LogP contribution in [0.1, 0.15) is 17.7 Å². The smallest absolute Gasteiger partial charge is 0.243 e. The van der Waals surface area contributed by atoms with Gasteiger partial charge in [0.15, 0.2) is 0 Å². The van der Waals surface area contributed by atoms with Crippen molar-refractivity contribution in [2.45, 2.75) is 19.8 Å². The normalized spacial score (nSPS) is 11.3. The standard InChI is InChI=1S/C13H21N3O2/c1-11-12(10-18-15-11)6-4-8-14-13(17)7-5-9-16(2)3/h5,7,10H,4,6,8-9H2,1-3H3,(H,14,17)/b7-5+. The van der Waals surface area contributed by atoms with Crippen LogP contribution >= 0.6 is 0 Å². The molecule has 0 aliphatic carbocycles. The van der Waals surface area contributed by atoms with E-state index in [1.54, 1.807) is 12.3 Å². The summed E-state index contributed by atoms with van der Waals surface area (Å²) >= 11 is 0. The molecule has 1 amide bonds. The van der Waals surface area contributed by atoms with Gasteiger partial charge in [-0.2, -0.15) is 0 Å². The van der Waals surface area contributed by atoms with Crippen molar-refractivity contribution in [3.8, 4) is 0 Å². The Bertz CT molecular complexity index is 397. The Morgan fingerprint density at radius 1 is 1.56 bits per heavy atom. The molecule has 0 aromatic carbocycles. The number of hydrogen-bond acceptors (Lipinski definition) is 4. The number of amides is 1. The van der Waals surface area contributed by atoms with Gasteiger partial charge in [-0.25, -0.2) is 0 Å². The molecular formula is C13H21N3O2. The quantitative estimate of drug-likeness (QED) is 0.583. The Morgan fingerprint density at radius 2 is 2.33 bits per heavy atom. The average molecular weight is 251 g/mol. The number of carbonyl (C=O) groups excluding carboxylic acids is 1. The van der Waals surface area contributed by atoms with Crippen LogP contribution in [0.2, 0.25) is 0 Å². The minimum Gasteiger partial charge on any atom is -0.364 e. The Morgan fingerprint density at radius 3 is 2.94 bits per heavy atom. The van der Waals surface area contributed by atoms with Crippen LogP contribution in [0.4, 0.5) is 0 Å². The van der Waals surface area contributed by atoms with Gasteiger partial charge in [-0.15, -0.1) is 0 Å². The SMILES string of the molecule is Cc1nocc1CCCNC(=O)/C=C/CN(C)C. The highest BCUT2D eigenvalue weighted by Gasteiger charge is 2.02. The van der Waals surface area contributed by atoms with E-state index in [0.717, 1.165) is 30.6 Å². The van der Waals surface area contributed by atoms with Crippen molar-refractivity contribution >= 4 is 5.91 Å². The first-order valence-corrected chi connectivity index (χ1v) is 6.08. The topological polar surface area (TPSA) is 58.4 Å². The molecule has 5 nitrogen and oxygen atoms in total. The first kappa shape index (κ1) is 14.4. The van der Waals surface area contributed by atoms with Crippen LogP contribution in [0, 0.1) is 6.92 Å². The zero-order valence-electron chi connectivity index (χ0n) is 11.3. The van der Waals surface area contributed by atoms with Crippen LogP contribution in [0.5, 0.6) is 0 Å². The fourth-order valence-electron chi connectivity index (χ4n) is 1.47. The molecule has 0 radical (unpaired) electrons. The number of nitrogens with zero attached hydrogens (tertiary/aromatic N) is 2. The lowest BCUT2D eigenvalue weighted by Crippen LogP contribution is -2.23. The van der Waals surface area contributed by atoms with Gasteiger partial charge in [0.25, 0.3) is 0 Å². The lowest BCUT2D eigenvalue weighted by atomic mass is 10.1. The molecule has 1 aromatic heterocycles. The predicted molar refractivity (Wildman–Crippen MR) is 70.3 cm³/mol. The van der Waals surface area contributed by atoms with Gasteiger partial charge in [-0.05, 0) is 33.9 Å². The lowest BCUT2D eigenvalue weighted by molar-refractivity contribution is -0.116. The molecule has 100 valence electrons.